The van der Waals surface area contributed by atoms with E-state index in [2.05, 4.69) is 25.6 Å². The van der Waals surface area contributed by atoms with Crippen molar-refractivity contribution in [3.63, 3.8) is 0 Å². The zero-order valence-corrected chi connectivity index (χ0v) is 20.6. The average molecular weight is 512 g/mol. The van der Waals surface area contributed by atoms with Crippen LogP contribution in [0.4, 0.5) is 36.4 Å². The molecule has 1 aromatic carbocycles. The molecule has 3 aromatic rings. The number of nitrogens with zero attached hydrogens (tertiary/aromatic N) is 5. The van der Waals surface area contributed by atoms with Gasteiger partial charge in [0.15, 0.2) is 0 Å². The molecule has 0 fully saturated rings. The highest BCUT2D eigenvalue weighted by atomic mass is 32.2. The summed E-state index contributed by atoms with van der Waals surface area (Å²) in [4.78, 5) is 13.1. The first kappa shape index (κ1) is 25.7. The molecule has 34 heavy (non-hydrogen) atoms. The second-order valence-corrected chi connectivity index (χ2v) is 10.0. The van der Waals surface area contributed by atoms with Crippen LogP contribution in [0.3, 0.4) is 0 Å². The van der Waals surface area contributed by atoms with Gasteiger partial charge in [0.25, 0.3) is 0 Å². The molecule has 0 bridgehead atoms. The van der Waals surface area contributed by atoms with Crippen LogP contribution in [0.25, 0.3) is 0 Å². The Bertz CT molecular complexity index is 1140. The molecule has 0 saturated carbocycles. The van der Waals surface area contributed by atoms with Gasteiger partial charge in [-0.3, -0.25) is 8.61 Å². The monoisotopic (exact) mass is 511 g/mol. The molecule has 0 aliphatic heterocycles. The van der Waals surface area contributed by atoms with E-state index in [4.69, 9.17) is 0 Å². The summed E-state index contributed by atoms with van der Waals surface area (Å²) in [5, 5.41) is 5.67. The average Bonchev–Trinajstić information content (AvgIpc) is 2.77. The molecule has 2 heterocycles. The third-order valence-electron chi connectivity index (χ3n) is 4.49. The normalized spacial score (nSPS) is 12.5. The molecule has 1 unspecified atom stereocenters. The zero-order valence-electron chi connectivity index (χ0n) is 18.9. The largest absolute Gasteiger partial charge is 0.421 e. The standard InChI is InChI=1S/C21H24F3N7OS2/c1-30(2)33-16-9-7-15(8-10-16)28-20-27-13-17(21(22,23)24)18(29-20)26-12-14-6-5-11-25-19(14)31(3)34(4)32/h5-11,13H,12H2,1-4H3,(H2,26,27,28,29). The minimum absolute atomic E-state index is 0.0132. The Morgan fingerprint density at radius 3 is 2.41 bits per heavy atom. The lowest BCUT2D eigenvalue weighted by Crippen LogP contribution is -2.22. The number of anilines is 4. The molecule has 13 heteroatoms. The highest BCUT2D eigenvalue weighted by Gasteiger charge is 2.35. The van der Waals surface area contributed by atoms with Crippen LogP contribution in [0.1, 0.15) is 11.1 Å². The van der Waals surface area contributed by atoms with Crippen LogP contribution in [0.2, 0.25) is 0 Å². The Balaban J connectivity index is 1.84. The molecule has 0 spiro atoms. The van der Waals surface area contributed by atoms with Crippen LogP contribution in [0, 0.1) is 0 Å². The second kappa shape index (κ2) is 11.0. The predicted molar refractivity (Wildman–Crippen MR) is 130 cm³/mol. The summed E-state index contributed by atoms with van der Waals surface area (Å²) < 4.78 is 56.0. The van der Waals surface area contributed by atoms with Crippen molar-refractivity contribution in [2.24, 2.45) is 0 Å². The maximum atomic E-state index is 13.6. The van der Waals surface area contributed by atoms with Gasteiger partial charge in [-0.2, -0.15) is 18.2 Å². The number of rotatable bonds is 9. The summed E-state index contributed by atoms with van der Waals surface area (Å²) in [7, 11) is 4.10. The Morgan fingerprint density at radius 2 is 1.79 bits per heavy atom. The number of nitrogens with one attached hydrogen (secondary N) is 2. The van der Waals surface area contributed by atoms with Crippen LogP contribution in [0.5, 0.6) is 0 Å². The van der Waals surface area contributed by atoms with Crippen LogP contribution < -0.4 is 14.9 Å². The van der Waals surface area contributed by atoms with Gasteiger partial charge in [-0.15, -0.1) is 0 Å². The van der Waals surface area contributed by atoms with E-state index in [1.165, 1.54) is 16.8 Å². The summed E-state index contributed by atoms with van der Waals surface area (Å²) in [5.74, 6) is 0.0362. The van der Waals surface area contributed by atoms with Crippen molar-refractivity contribution in [2.45, 2.75) is 17.6 Å². The first-order valence-electron chi connectivity index (χ1n) is 9.96. The summed E-state index contributed by atoms with van der Waals surface area (Å²) in [6, 6.07) is 10.7. The van der Waals surface area contributed by atoms with E-state index < -0.39 is 22.7 Å². The number of hydrogen-bond donors (Lipinski definition) is 2. The van der Waals surface area contributed by atoms with Gasteiger partial charge in [0.1, 0.15) is 28.2 Å². The molecule has 0 aliphatic carbocycles. The van der Waals surface area contributed by atoms with Gasteiger partial charge in [0, 0.05) is 48.4 Å². The van der Waals surface area contributed by atoms with E-state index >= 15 is 0 Å². The summed E-state index contributed by atoms with van der Waals surface area (Å²) >= 11 is 1.54. The number of alkyl halides is 3. The van der Waals surface area contributed by atoms with Crippen molar-refractivity contribution in [1.82, 2.24) is 19.3 Å². The Labute approximate surface area is 202 Å². The highest BCUT2D eigenvalue weighted by molar-refractivity contribution is 7.97. The summed E-state index contributed by atoms with van der Waals surface area (Å²) in [6.07, 6.45) is -0.892. The number of benzene rings is 1. The molecule has 0 aliphatic rings. The van der Waals surface area contributed by atoms with Gasteiger partial charge in [0.05, 0.1) is 0 Å². The lowest BCUT2D eigenvalue weighted by atomic mass is 10.2. The van der Waals surface area contributed by atoms with Crippen LogP contribution >= 0.6 is 11.9 Å². The second-order valence-electron chi connectivity index (χ2n) is 7.27. The molecular formula is C21H24F3N7OS2. The lowest BCUT2D eigenvalue weighted by molar-refractivity contribution is -0.137. The fraction of sp³-hybridized carbons (Fsp3) is 0.286. The van der Waals surface area contributed by atoms with E-state index in [0.29, 0.717) is 17.1 Å². The molecule has 1 atom stereocenters. The Kier molecular flexibility index (Phi) is 8.33. The summed E-state index contributed by atoms with van der Waals surface area (Å²) in [6.45, 7) is -0.0132. The van der Waals surface area contributed by atoms with E-state index in [-0.39, 0.29) is 18.3 Å². The number of aromatic nitrogens is 3. The van der Waals surface area contributed by atoms with E-state index in [1.807, 2.05) is 30.5 Å². The van der Waals surface area contributed by atoms with Gasteiger partial charge >= 0.3 is 6.18 Å². The zero-order chi connectivity index (χ0) is 24.9. The lowest BCUT2D eigenvalue weighted by Gasteiger charge is -2.19. The van der Waals surface area contributed by atoms with Gasteiger partial charge in [-0.05, 0) is 56.4 Å². The van der Waals surface area contributed by atoms with Gasteiger partial charge in [0.2, 0.25) is 5.95 Å². The van der Waals surface area contributed by atoms with Crippen molar-refractivity contribution in [3.8, 4) is 0 Å². The smallest absolute Gasteiger partial charge is 0.365 e. The third-order valence-corrected chi connectivity index (χ3v) is 6.28. The fourth-order valence-electron chi connectivity index (χ4n) is 2.88. The van der Waals surface area contributed by atoms with E-state index in [0.717, 1.165) is 11.1 Å². The van der Waals surface area contributed by atoms with Crippen molar-refractivity contribution >= 4 is 46.2 Å². The SMILES string of the molecule is CN(C)Sc1ccc(Nc2ncc(C(F)(F)F)c(NCc3cccnc3N(C)S(C)=O)n2)cc1. The molecule has 3 rings (SSSR count). The highest BCUT2D eigenvalue weighted by Crippen LogP contribution is 2.34. The first-order chi connectivity index (χ1) is 16.0. The van der Waals surface area contributed by atoms with E-state index in [1.54, 1.807) is 43.3 Å². The maximum absolute atomic E-state index is 13.6. The molecule has 2 N–H and O–H groups in total. The first-order valence-corrected chi connectivity index (χ1v) is 12.2. The van der Waals surface area contributed by atoms with Gasteiger partial charge in [-0.1, -0.05) is 6.07 Å². The molecule has 0 amide bonds. The number of pyridine rings is 1. The van der Waals surface area contributed by atoms with E-state index in [9.17, 15) is 17.4 Å². The summed E-state index contributed by atoms with van der Waals surface area (Å²) in [5.41, 5.74) is 0.208. The quantitative estimate of drug-likeness (QED) is 0.405. The Hall–Kier alpha value is -2.90. The molecule has 182 valence electrons. The van der Waals surface area contributed by atoms with Crippen molar-refractivity contribution < 1.29 is 17.4 Å². The van der Waals surface area contributed by atoms with Gasteiger partial charge in [-0.25, -0.2) is 14.2 Å². The van der Waals surface area contributed by atoms with Gasteiger partial charge < -0.3 is 10.6 Å². The minimum atomic E-state index is -4.65. The molecular weight excluding hydrogens is 487 g/mol. The maximum Gasteiger partial charge on any atom is 0.421 e. The van der Waals surface area contributed by atoms with Crippen molar-refractivity contribution in [1.29, 1.82) is 0 Å². The minimum Gasteiger partial charge on any atom is -0.365 e. The van der Waals surface area contributed by atoms with Crippen molar-refractivity contribution in [2.75, 3.05) is 42.3 Å². The third kappa shape index (κ3) is 6.81. The van der Waals surface area contributed by atoms with Crippen LogP contribution in [-0.4, -0.2) is 50.9 Å². The number of hydrogen-bond acceptors (Lipinski definition) is 8. The predicted octanol–water partition coefficient (Wildman–Crippen LogP) is 4.54. The topological polar surface area (TPSA) is 86.3 Å². The Morgan fingerprint density at radius 1 is 1.09 bits per heavy atom. The molecule has 0 saturated heterocycles. The molecule has 8 nitrogen and oxygen atoms in total. The number of halogens is 3. The van der Waals surface area contributed by atoms with Crippen molar-refractivity contribution in [3.05, 3.63) is 59.9 Å². The van der Waals surface area contributed by atoms with Crippen LogP contribution in [0.15, 0.2) is 53.7 Å². The molecule has 0 radical (unpaired) electrons. The van der Waals surface area contributed by atoms with Crippen LogP contribution in [-0.2, 0) is 23.7 Å². The fourth-order valence-corrected chi connectivity index (χ4v) is 3.96. The molecule has 2 aromatic heterocycles.